The van der Waals surface area contributed by atoms with Crippen molar-refractivity contribution in [3.05, 3.63) is 58.0 Å². The van der Waals surface area contributed by atoms with E-state index in [2.05, 4.69) is 5.32 Å². The molecule has 98 valence electrons. The second-order valence-corrected chi connectivity index (χ2v) is 4.42. The minimum absolute atomic E-state index is 0.0908. The summed E-state index contributed by atoms with van der Waals surface area (Å²) in [4.78, 5) is 23.3. The number of pyridine rings is 1. The van der Waals surface area contributed by atoms with Crippen LogP contribution in [0.4, 0.5) is 11.4 Å². The van der Waals surface area contributed by atoms with E-state index in [1.807, 2.05) is 0 Å². The van der Waals surface area contributed by atoms with Gasteiger partial charge in [-0.3, -0.25) is 9.59 Å². The van der Waals surface area contributed by atoms with Crippen molar-refractivity contribution in [2.45, 2.75) is 6.54 Å². The summed E-state index contributed by atoms with van der Waals surface area (Å²) in [7, 11) is 0. The topological polar surface area (TPSA) is 77.1 Å². The normalized spacial score (nSPS) is 10.2. The number of nitrogens with two attached hydrogens (primary N) is 1. The molecule has 1 amide bonds. The fourth-order valence-electron chi connectivity index (χ4n) is 1.56. The SMILES string of the molecule is Nc1ccc(=O)n(CC(=O)Nc2ccc(Cl)cc2)c1. The van der Waals surface area contributed by atoms with Gasteiger partial charge in [-0.2, -0.15) is 0 Å². The van der Waals surface area contributed by atoms with Crippen molar-refractivity contribution in [1.82, 2.24) is 4.57 Å². The lowest BCUT2D eigenvalue weighted by Gasteiger charge is -2.07. The van der Waals surface area contributed by atoms with E-state index < -0.39 is 0 Å². The van der Waals surface area contributed by atoms with Crippen LogP contribution < -0.4 is 16.6 Å². The highest BCUT2D eigenvalue weighted by molar-refractivity contribution is 6.30. The largest absolute Gasteiger partial charge is 0.398 e. The summed E-state index contributed by atoms with van der Waals surface area (Å²) in [6, 6.07) is 9.53. The van der Waals surface area contributed by atoms with Crippen LogP contribution in [0.3, 0.4) is 0 Å². The molecule has 1 heterocycles. The molecule has 2 aromatic rings. The maximum absolute atomic E-state index is 11.8. The molecule has 3 N–H and O–H groups in total. The Kier molecular flexibility index (Phi) is 3.87. The molecule has 0 aliphatic heterocycles. The second kappa shape index (κ2) is 5.58. The van der Waals surface area contributed by atoms with E-state index in [-0.39, 0.29) is 18.0 Å². The molecular weight excluding hydrogens is 266 g/mol. The fourth-order valence-corrected chi connectivity index (χ4v) is 1.69. The first kappa shape index (κ1) is 13.2. The van der Waals surface area contributed by atoms with Crippen molar-refractivity contribution in [3.8, 4) is 0 Å². The molecule has 0 radical (unpaired) electrons. The quantitative estimate of drug-likeness (QED) is 0.897. The van der Waals surface area contributed by atoms with Gasteiger partial charge >= 0.3 is 0 Å². The number of nitrogens with zero attached hydrogens (tertiary/aromatic N) is 1. The Balaban J connectivity index is 2.07. The molecule has 5 nitrogen and oxygen atoms in total. The van der Waals surface area contributed by atoms with E-state index in [1.165, 1.54) is 22.9 Å². The Morgan fingerprint density at radius 2 is 1.89 bits per heavy atom. The fraction of sp³-hybridized carbons (Fsp3) is 0.0769. The summed E-state index contributed by atoms with van der Waals surface area (Å²) in [6.07, 6.45) is 1.43. The minimum Gasteiger partial charge on any atom is -0.398 e. The summed E-state index contributed by atoms with van der Waals surface area (Å²) in [5.74, 6) is -0.310. The van der Waals surface area contributed by atoms with Crippen molar-refractivity contribution in [2.75, 3.05) is 11.1 Å². The molecule has 6 heteroatoms. The number of carbonyl (C=O) groups excluding carboxylic acids is 1. The minimum atomic E-state index is -0.310. The van der Waals surface area contributed by atoms with Gasteiger partial charge in [-0.25, -0.2) is 0 Å². The lowest BCUT2D eigenvalue weighted by molar-refractivity contribution is -0.116. The summed E-state index contributed by atoms with van der Waals surface area (Å²) in [6.45, 7) is -0.0908. The number of hydrogen-bond donors (Lipinski definition) is 2. The van der Waals surface area contributed by atoms with Gasteiger partial charge in [0.1, 0.15) is 6.54 Å². The zero-order chi connectivity index (χ0) is 13.8. The summed E-state index contributed by atoms with van der Waals surface area (Å²) < 4.78 is 1.25. The van der Waals surface area contributed by atoms with E-state index >= 15 is 0 Å². The third-order valence-corrected chi connectivity index (χ3v) is 2.70. The molecule has 0 aliphatic carbocycles. The summed E-state index contributed by atoms with van der Waals surface area (Å²) in [5, 5.41) is 3.25. The number of amides is 1. The Morgan fingerprint density at radius 1 is 1.21 bits per heavy atom. The number of benzene rings is 1. The van der Waals surface area contributed by atoms with Crippen molar-refractivity contribution >= 4 is 28.9 Å². The van der Waals surface area contributed by atoms with Gasteiger partial charge in [0.15, 0.2) is 0 Å². The number of halogens is 1. The highest BCUT2D eigenvalue weighted by Gasteiger charge is 2.05. The van der Waals surface area contributed by atoms with Crippen molar-refractivity contribution in [2.24, 2.45) is 0 Å². The van der Waals surface area contributed by atoms with Crippen LogP contribution in [0, 0.1) is 0 Å². The van der Waals surface area contributed by atoms with Crippen LogP contribution in [0.5, 0.6) is 0 Å². The summed E-state index contributed by atoms with van der Waals surface area (Å²) >= 11 is 5.74. The third kappa shape index (κ3) is 3.59. The van der Waals surface area contributed by atoms with E-state index in [0.717, 1.165) is 0 Å². The Hall–Kier alpha value is -2.27. The van der Waals surface area contributed by atoms with Gasteiger partial charge in [0.2, 0.25) is 5.91 Å². The number of rotatable bonds is 3. The zero-order valence-electron chi connectivity index (χ0n) is 9.97. The molecule has 2 rings (SSSR count). The molecule has 19 heavy (non-hydrogen) atoms. The van der Waals surface area contributed by atoms with Gasteiger partial charge < -0.3 is 15.6 Å². The van der Waals surface area contributed by atoms with E-state index in [4.69, 9.17) is 17.3 Å². The molecule has 0 atom stereocenters. The van der Waals surface area contributed by atoms with Crippen molar-refractivity contribution in [1.29, 1.82) is 0 Å². The lowest BCUT2D eigenvalue weighted by atomic mass is 10.3. The predicted molar refractivity (Wildman–Crippen MR) is 75.2 cm³/mol. The Bertz CT molecular complexity index is 650. The van der Waals surface area contributed by atoms with Gasteiger partial charge in [0, 0.05) is 28.7 Å². The first-order valence-electron chi connectivity index (χ1n) is 5.56. The standard InChI is InChI=1S/C13H12ClN3O2/c14-9-1-4-11(5-2-9)16-12(18)8-17-7-10(15)3-6-13(17)19/h1-7H,8,15H2,(H,16,18). The van der Waals surface area contributed by atoms with Crippen LogP contribution in [0.2, 0.25) is 5.02 Å². The maximum Gasteiger partial charge on any atom is 0.251 e. The molecule has 0 aliphatic rings. The van der Waals surface area contributed by atoms with Gasteiger partial charge in [-0.1, -0.05) is 11.6 Å². The highest BCUT2D eigenvalue weighted by Crippen LogP contribution is 2.13. The first-order valence-corrected chi connectivity index (χ1v) is 5.94. The van der Waals surface area contributed by atoms with Gasteiger partial charge in [-0.05, 0) is 30.3 Å². The average Bonchev–Trinajstić information content (AvgIpc) is 2.37. The number of aromatic nitrogens is 1. The van der Waals surface area contributed by atoms with E-state index in [0.29, 0.717) is 16.4 Å². The monoisotopic (exact) mass is 277 g/mol. The van der Waals surface area contributed by atoms with Gasteiger partial charge in [0.05, 0.1) is 0 Å². The molecule has 0 bridgehead atoms. The number of nitrogen functional groups attached to an aromatic ring is 1. The average molecular weight is 278 g/mol. The second-order valence-electron chi connectivity index (χ2n) is 3.98. The Labute approximate surface area is 114 Å². The molecule has 0 saturated heterocycles. The number of hydrogen-bond acceptors (Lipinski definition) is 3. The lowest BCUT2D eigenvalue weighted by Crippen LogP contribution is -2.26. The molecule has 0 spiro atoms. The number of nitrogens with one attached hydrogen (secondary N) is 1. The maximum atomic E-state index is 11.8. The molecule has 0 fully saturated rings. The first-order chi connectivity index (χ1) is 9.04. The molecule has 0 saturated carbocycles. The van der Waals surface area contributed by atoms with Crippen molar-refractivity contribution in [3.63, 3.8) is 0 Å². The van der Waals surface area contributed by atoms with Crippen molar-refractivity contribution < 1.29 is 4.79 Å². The van der Waals surface area contributed by atoms with Gasteiger partial charge in [0.25, 0.3) is 5.56 Å². The summed E-state index contributed by atoms with van der Waals surface area (Å²) in [5.41, 5.74) is 6.34. The van der Waals surface area contributed by atoms with Crippen LogP contribution in [0.1, 0.15) is 0 Å². The van der Waals surface area contributed by atoms with Gasteiger partial charge in [-0.15, -0.1) is 0 Å². The van der Waals surface area contributed by atoms with Crippen LogP contribution >= 0.6 is 11.6 Å². The third-order valence-electron chi connectivity index (χ3n) is 2.45. The smallest absolute Gasteiger partial charge is 0.251 e. The van der Waals surface area contributed by atoms with Crippen LogP contribution in [0.15, 0.2) is 47.4 Å². The van der Waals surface area contributed by atoms with Crippen LogP contribution in [-0.4, -0.2) is 10.5 Å². The molecule has 0 unspecified atom stereocenters. The number of anilines is 2. The number of carbonyl (C=O) groups is 1. The molecule has 1 aromatic carbocycles. The Morgan fingerprint density at radius 3 is 2.58 bits per heavy atom. The molecule has 1 aromatic heterocycles. The van der Waals surface area contributed by atoms with Crippen LogP contribution in [0.25, 0.3) is 0 Å². The van der Waals surface area contributed by atoms with Crippen LogP contribution in [-0.2, 0) is 11.3 Å². The van der Waals surface area contributed by atoms with E-state index in [1.54, 1.807) is 24.3 Å². The van der Waals surface area contributed by atoms with E-state index in [9.17, 15) is 9.59 Å². The highest BCUT2D eigenvalue weighted by atomic mass is 35.5. The zero-order valence-corrected chi connectivity index (χ0v) is 10.7. The predicted octanol–water partition coefficient (Wildman–Crippen LogP) is 1.72. The molecular formula is C13H12ClN3O2.